The number of aliphatic hydroxyl groups excluding tert-OH is 1. The molecule has 3 aliphatic heterocycles. The lowest BCUT2D eigenvalue weighted by molar-refractivity contribution is -0.296. The number of nitrogen functional groups attached to an aromatic ring is 1. The first kappa shape index (κ1) is 43.6. The fourth-order valence-electron chi connectivity index (χ4n) is 8.48. The van der Waals surface area contributed by atoms with Gasteiger partial charge in [-0.1, -0.05) is 38.9 Å². The summed E-state index contributed by atoms with van der Waals surface area (Å²) in [4.78, 5) is 54.3. The molecule has 0 amide bonds. The third-order valence-corrected chi connectivity index (χ3v) is 11.7. The minimum atomic E-state index is -1.88. The molecule has 0 spiro atoms. The Balaban J connectivity index is 1.60. The molecular formula is C40H60N4O12. The molecule has 0 radical (unpaired) electrons. The van der Waals surface area contributed by atoms with E-state index in [2.05, 4.69) is 10.1 Å². The molecule has 3 fully saturated rings. The van der Waals surface area contributed by atoms with Crippen LogP contribution in [0.5, 0.6) is 0 Å². The monoisotopic (exact) mass is 788 g/mol. The van der Waals surface area contributed by atoms with Gasteiger partial charge in [-0.2, -0.15) is 4.98 Å². The van der Waals surface area contributed by atoms with E-state index >= 15 is 0 Å². The molecule has 312 valence electrons. The van der Waals surface area contributed by atoms with E-state index in [1.807, 2.05) is 25.9 Å². The van der Waals surface area contributed by atoms with Crippen molar-refractivity contribution in [2.24, 2.45) is 28.8 Å². The summed E-state index contributed by atoms with van der Waals surface area (Å²) in [6.07, 6.45) is -5.33. The number of oxazole rings is 1. The molecule has 3 aliphatic rings. The van der Waals surface area contributed by atoms with Crippen molar-refractivity contribution in [1.29, 1.82) is 0 Å². The van der Waals surface area contributed by atoms with E-state index in [-0.39, 0.29) is 62.3 Å². The lowest BCUT2D eigenvalue weighted by Gasteiger charge is -2.47. The maximum atomic E-state index is 14.4. The molecule has 13 atom stereocenters. The van der Waals surface area contributed by atoms with Gasteiger partial charge >= 0.3 is 5.97 Å². The number of cyclic esters (lactones) is 1. The highest BCUT2D eigenvalue weighted by Gasteiger charge is 2.53. The van der Waals surface area contributed by atoms with Crippen molar-refractivity contribution in [2.45, 2.75) is 135 Å². The third kappa shape index (κ3) is 9.27. The number of rotatable bonds is 7. The highest BCUT2D eigenvalue weighted by atomic mass is 16.7. The van der Waals surface area contributed by atoms with Crippen molar-refractivity contribution in [3.63, 3.8) is 0 Å². The predicted octanol–water partition coefficient (Wildman–Crippen LogP) is 3.43. The van der Waals surface area contributed by atoms with Gasteiger partial charge in [0.1, 0.15) is 47.3 Å². The Morgan fingerprint density at radius 3 is 2.45 bits per heavy atom. The average molecular weight is 789 g/mol. The fraction of sp³-hybridized carbons (Fsp3) is 0.725. The number of nitrogens with two attached hydrogens (primary N) is 1. The number of hydrogen-bond acceptors (Lipinski definition) is 16. The van der Waals surface area contributed by atoms with E-state index in [1.165, 1.54) is 13.8 Å². The quantitative estimate of drug-likeness (QED) is 0.208. The maximum Gasteiger partial charge on any atom is 0.316 e. The van der Waals surface area contributed by atoms with Crippen LogP contribution in [0.25, 0.3) is 11.1 Å². The number of Topliss-reactive ketones (excluding diaryl/α,β-unsaturated/α-hetero) is 2. The van der Waals surface area contributed by atoms with Gasteiger partial charge in [0.2, 0.25) is 0 Å². The molecule has 16 heteroatoms. The largest absolute Gasteiger partial charge is 0.459 e. The molecule has 1 aromatic carbocycles. The number of aromatic nitrogens is 1. The molecule has 3 saturated heterocycles. The van der Waals surface area contributed by atoms with Crippen molar-refractivity contribution < 1.29 is 57.5 Å². The van der Waals surface area contributed by atoms with Crippen LogP contribution in [-0.4, -0.2) is 125 Å². The number of likely N-dealkylation sites (N-methyl/N-ethyl adjacent to an activating group) is 1. The number of esters is 1. The molecule has 56 heavy (non-hydrogen) atoms. The predicted molar refractivity (Wildman–Crippen MR) is 204 cm³/mol. The van der Waals surface area contributed by atoms with Gasteiger partial charge in [-0.25, -0.2) is 0 Å². The van der Waals surface area contributed by atoms with E-state index in [4.69, 9.17) is 38.7 Å². The molecule has 16 nitrogen and oxygen atoms in total. The number of oxime groups is 1. The number of ether oxygens (including phenoxy) is 5. The smallest absolute Gasteiger partial charge is 0.316 e. The van der Waals surface area contributed by atoms with Crippen LogP contribution in [0.2, 0.25) is 0 Å². The van der Waals surface area contributed by atoms with E-state index < -0.39 is 77.3 Å². The van der Waals surface area contributed by atoms with Crippen molar-refractivity contribution in [3.05, 3.63) is 23.8 Å². The van der Waals surface area contributed by atoms with E-state index in [9.17, 15) is 24.6 Å². The van der Waals surface area contributed by atoms with Crippen LogP contribution in [0.3, 0.4) is 0 Å². The van der Waals surface area contributed by atoms with Gasteiger partial charge in [0.05, 0.1) is 37.1 Å². The molecule has 0 saturated carbocycles. The molecule has 4 heterocycles. The van der Waals surface area contributed by atoms with Crippen LogP contribution < -0.4 is 5.73 Å². The zero-order chi connectivity index (χ0) is 41.3. The first-order chi connectivity index (χ1) is 26.3. The minimum absolute atomic E-state index is 0.0295. The second-order valence-corrected chi connectivity index (χ2v) is 16.5. The summed E-state index contributed by atoms with van der Waals surface area (Å²) in [5.41, 5.74) is 4.47. The summed E-state index contributed by atoms with van der Waals surface area (Å²) in [7, 11) is 3.71. The van der Waals surface area contributed by atoms with Crippen molar-refractivity contribution in [1.82, 2.24) is 9.88 Å². The Labute approximate surface area is 328 Å². The number of nitrogens with zero attached hydrogens (tertiary/aromatic N) is 3. The highest BCUT2D eigenvalue weighted by molar-refractivity contribution is 6.00. The van der Waals surface area contributed by atoms with E-state index in [0.717, 1.165) is 5.56 Å². The second kappa shape index (κ2) is 17.5. The van der Waals surface area contributed by atoms with Gasteiger partial charge in [-0.3, -0.25) is 14.4 Å². The normalized spacial score (nSPS) is 38.9. The van der Waals surface area contributed by atoms with E-state index in [0.29, 0.717) is 17.5 Å². The van der Waals surface area contributed by atoms with Gasteiger partial charge in [0.15, 0.2) is 17.7 Å². The lowest BCUT2D eigenvalue weighted by Crippen LogP contribution is -2.60. The van der Waals surface area contributed by atoms with Crippen LogP contribution >= 0.6 is 0 Å². The van der Waals surface area contributed by atoms with Crippen molar-refractivity contribution >= 4 is 40.4 Å². The number of carbonyl (C=O) groups excluding carboxylic acids is 3. The van der Waals surface area contributed by atoms with Crippen LogP contribution in [0.15, 0.2) is 27.8 Å². The number of aliphatic hydroxyl groups is 2. The Morgan fingerprint density at radius 1 is 1.05 bits per heavy atom. The van der Waals surface area contributed by atoms with Gasteiger partial charge in [-0.05, 0) is 78.7 Å². The van der Waals surface area contributed by atoms with Gasteiger partial charge in [0, 0.05) is 23.8 Å². The molecule has 2 bridgehead atoms. The summed E-state index contributed by atoms with van der Waals surface area (Å²) in [6, 6.07) is 4.99. The maximum absolute atomic E-state index is 14.4. The van der Waals surface area contributed by atoms with Crippen LogP contribution in [-0.2, 0) is 49.5 Å². The molecule has 0 unspecified atom stereocenters. The number of benzene rings is 1. The standard InChI is InChI=1S/C40H60N4O12/c1-11-30-40(8,49)35-22(4)31(45)20(2)16-39(7,51-19-26(18-50-35)43-52-17-25-12-13-29-27(15-25)42-38(41)54-29)34(23(5)32(46)24(6)36(48)55-30)56-37-33(47)28(44(9)10)14-21(3)53-37/h12-13,15,20-24,28,30,33-35,37,47,49H,11,14,16-19H2,1-10H3,(H2,41,42)/b43-26+/t20-,21-,22+,23+,24-,28+,30-,33-,34-,35+,37+,39-,40-/m1/s1. The number of fused-ring (bicyclic) bond motifs is 6. The summed E-state index contributed by atoms with van der Waals surface area (Å²) in [5.74, 6) is -5.50. The zero-order valence-electron chi connectivity index (χ0n) is 34.2. The number of hydrogen-bond donors (Lipinski definition) is 3. The molecule has 0 aliphatic carbocycles. The molecule has 5 rings (SSSR count). The van der Waals surface area contributed by atoms with Gasteiger partial charge in [-0.15, -0.1) is 0 Å². The van der Waals surface area contributed by atoms with Crippen molar-refractivity contribution in [2.75, 3.05) is 33.0 Å². The summed E-state index contributed by atoms with van der Waals surface area (Å²) >= 11 is 0. The topological polar surface area (TPSA) is 215 Å². The Kier molecular flexibility index (Phi) is 13.7. The number of carbonyl (C=O) groups is 3. The Morgan fingerprint density at radius 2 is 1.77 bits per heavy atom. The Hall–Kier alpha value is -3.51. The van der Waals surface area contributed by atoms with Crippen molar-refractivity contribution in [3.8, 4) is 0 Å². The first-order valence-corrected chi connectivity index (χ1v) is 19.5. The highest BCUT2D eigenvalue weighted by Crippen LogP contribution is 2.39. The Bertz CT molecular complexity index is 1750. The van der Waals surface area contributed by atoms with Crippen LogP contribution in [0.1, 0.15) is 80.2 Å². The third-order valence-electron chi connectivity index (χ3n) is 11.7. The zero-order valence-corrected chi connectivity index (χ0v) is 34.2. The molecule has 2 aromatic rings. The fourth-order valence-corrected chi connectivity index (χ4v) is 8.48. The first-order valence-electron chi connectivity index (χ1n) is 19.5. The number of ketones is 2. The van der Waals surface area contributed by atoms with E-state index in [1.54, 1.807) is 52.8 Å². The molecule has 1 aromatic heterocycles. The molecule has 4 N–H and O–H groups in total. The van der Waals surface area contributed by atoms with Crippen LogP contribution in [0, 0.1) is 23.7 Å². The summed E-state index contributed by atoms with van der Waals surface area (Å²) in [5, 5.41) is 28.1. The SMILES string of the molecule is CC[C@H]1OC(=O)[C@H](C)C(=O)[C@H](C)[C@@H](O[C@@H]2O[C@H](C)C[C@H](N(C)C)[C@H]2O)[C@@]2(C)C[C@@H](C)C(=O)[C@H](C)[C@H](OC/C(=N\OCc3ccc4oc(N)nc4c3)CO2)[C@]1(C)O. The molecular weight excluding hydrogens is 728 g/mol. The van der Waals surface area contributed by atoms with Crippen LogP contribution in [0.4, 0.5) is 6.01 Å². The average Bonchev–Trinajstić information content (AvgIpc) is 3.52. The van der Waals surface area contributed by atoms with Gasteiger partial charge in [0.25, 0.3) is 6.01 Å². The summed E-state index contributed by atoms with van der Waals surface area (Å²) < 4.78 is 37.3. The van der Waals surface area contributed by atoms with Gasteiger partial charge < -0.3 is 53.8 Å². The second-order valence-electron chi connectivity index (χ2n) is 16.5. The minimum Gasteiger partial charge on any atom is -0.459 e. The summed E-state index contributed by atoms with van der Waals surface area (Å²) in [6.45, 7) is 12.9. The lowest BCUT2D eigenvalue weighted by atomic mass is 9.74. The number of anilines is 1.